The maximum atomic E-state index is 11.6. The molecule has 8 rings (SSSR count). The van der Waals surface area contributed by atoms with Gasteiger partial charge >= 0.3 is 0 Å². The van der Waals surface area contributed by atoms with Crippen molar-refractivity contribution in [3.63, 3.8) is 0 Å². The van der Waals surface area contributed by atoms with E-state index in [-0.39, 0.29) is 24.4 Å². The third kappa shape index (κ3) is 6.59. The second-order valence-corrected chi connectivity index (χ2v) is 23.2. The minimum Gasteiger partial charge on any atom is -0.393 e. The topological polar surface area (TPSA) is 80.9 Å². The first-order valence-corrected chi connectivity index (χ1v) is 23.9. The van der Waals surface area contributed by atoms with Crippen molar-refractivity contribution in [2.45, 2.75) is 214 Å². The van der Waals surface area contributed by atoms with Crippen LogP contribution < -0.4 is 0 Å². The van der Waals surface area contributed by atoms with Gasteiger partial charge in [-0.15, -0.1) is 0 Å². The van der Waals surface area contributed by atoms with E-state index in [2.05, 4.69) is 41.5 Å². The van der Waals surface area contributed by atoms with Crippen molar-refractivity contribution in [2.24, 2.45) is 92.7 Å². The summed E-state index contributed by atoms with van der Waals surface area (Å²) in [6, 6.07) is 0. The van der Waals surface area contributed by atoms with Crippen molar-refractivity contribution in [3.8, 4) is 0 Å². The molecule has 0 spiro atoms. The Hall–Kier alpha value is -0.160. The van der Waals surface area contributed by atoms with Gasteiger partial charge in [0.05, 0.1) is 24.4 Å². The van der Waals surface area contributed by atoms with Crippen LogP contribution in [0.4, 0.5) is 0 Å². The van der Waals surface area contributed by atoms with E-state index in [0.717, 1.165) is 75.0 Å². The number of hydrogen-bond acceptors (Lipinski definition) is 4. The maximum Gasteiger partial charge on any atom is 0.0577 e. The van der Waals surface area contributed by atoms with E-state index in [1.165, 1.54) is 96.3 Å². The molecule has 0 aromatic heterocycles. The molecule has 0 aromatic rings. The van der Waals surface area contributed by atoms with E-state index in [4.69, 9.17) is 0 Å². The molecular weight excluding hydrogens is 653 g/mol. The Balaban J connectivity index is 0.774. The van der Waals surface area contributed by atoms with Crippen LogP contribution in [-0.2, 0) is 0 Å². The summed E-state index contributed by atoms with van der Waals surface area (Å²) >= 11 is 0. The lowest BCUT2D eigenvalue weighted by Gasteiger charge is -2.62. The first-order chi connectivity index (χ1) is 25.2. The van der Waals surface area contributed by atoms with Crippen molar-refractivity contribution in [3.05, 3.63) is 0 Å². The van der Waals surface area contributed by atoms with Crippen molar-refractivity contribution in [2.75, 3.05) is 0 Å². The highest BCUT2D eigenvalue weighted by molar-refractivity contribution is 5.13. The van der Waals surface area contributed by atoms with Crippen LogP contribution in [0.1, 0.15) is 189 Å². The van der Waals surface area contributed by atoms with Gasteiger partial charge in [-0.1, -0.05) is 86.5 Å². The standard InChI is InChI=1S/C49H84O4/c1-30(36-14-16-38-44-40(20-24-48(36,38)5)46(3)22-18-34(50)26-32(46)28-42(44)52)12-10-8-7-9-11-13-31(2)37-15-17-39-45-41(21-25-49(37,39)6)47(4)23-19-35(51)27-33(47)29-43(45)53/h30-45,50-53H,7-29H2,1-6H3/t30-,31+,32?,33?,34-,35+,36-,37+,38?,39?,40+,41-,42+,43-,44+,45-,46+,47-,48-,49+. The lowest BCUT2D eigenvalue weighted by atomic mass is 9.43. The minimum absolute atomic E-state index is 0.149. The van der Waals surface area contributed by atoms with Gasteiger partial charge in [0.1, 0.15) is 0 Å². The molecule has 8 aliphatic rings. The summed E-state index contributed by atoms with van der Waals surface area (Å²) in [5.74, 6) is 7.91. The van der Waals surface area contributed by atoms with Gasteiger partial charge in [0.2, 0.25) is 0 Å². The van der Waals surface area contributed by atoms with Crippen LogP contribution in [0.25, 0.3) is 0 Å². The van der Waals surface area contributed by atoms with Crippen LogP contribution in [-0.4, -0.2) is 44.8 Å². The Labute approximate surface area is 325 Å². The lowest BCUT2D eigenvalue weighted by Crippen LogP contribution is -2.58. The Morgan fingerprint density at radius 1 is 0.434 bits per heavy atom. The molecule has 0 aliphatic heterocycles. The average Bonchev–Trinajstić information content (AvgIpc) is 3.66. The third-order valence-electron chi connectivity index (χ3n) is 21.2. The zero-order valence-corrected chi connectivity index (χ0v) is 35.3. The number of hydrogen-bond donors (Lipinski definition) is 4. The normalized spacial score (nSPS) is 54.5. The van der Waals surface area contributed by atoms with Gasteiger partial charge in [-0.3, -0.25) is 0 Å². The van der Waals surface area contributed by atoms with E-state index >= 15 is 0 Å². The minimum atomic E-state index is -0.160. The fraction of sp³-hybridized carbons (Fsp3) is 1.00. The molecular formula is C49H84O4. The third-order valence-corrected chi connectivity index (χ3v) is 21.2. The highest BCUT2D eigenvalue weighted by Gasteiger charge is 2.64. The Morgan fingerprint density at radius 2 is 0.792 bits per heavy atom. The maximum absolute atomic E-state index is 11.6. The first-order valence-electron chi connectivity index (χ1n) is 23.9. The number of aliphatic hydroxyl groups excluding tert-OH is 4. The molecule has 304 valence electrons. The molecule has 0 amide bonds. The second kappa shape index (κ2) is 14.9. The number of fused-ring (bicyclic) bond motifs is 10. The van der Waals surface area contributed by atoms with Crippen LogP contribution in [0.5, 0.6) is 0 Å². The fourth-order valence-electron chi connectivity index (χ4n) is 18.2. The zero-order chi connectivity index (χ0) is 37.5. The van der Waals surface area contributed by atoms with Crippen molar-refractivity contribution >= 4 is 0 Å². The predicted molar refractivity (Wildman–Crippen MR) is 216 cm³/mol. The summed E-state index contributed by atoms with van der Waals surface area (Å²) in [5.41, 5.74) is 1.45. The smallest absolute Gasteiger partial charge is 0.0577 e. The monoisotopic (exact) mass is 737 g/mol. The van der Waals surface area contributed by atoms with E-state index in [1.807, 2.05) is 0 Å². The molecule has 4 heteroatoms. The van der Waals surface area contributed by atoms with Gasteiger partial charge in [0, 0.05) is 0 Å². The second-order valence-electron chi connectivity index (χ2n) is 23.2. The molecule has 0 saturated heterocycles. The number of unbranched alkanes of at least 4 members (excludes halogenated alkanes) is 4. The van der Waals surface area contributed by atoms with Crippen LogP contribution >= 0.6 is 0 Å². The van der Waals surface area contributed by atoms with Crippen LogP contribution in [0.15, 0.2) is 0 Å². The van der Waals surface area contributed by atoms with Crippen LogP contribution in [0.3, 0.4) is 0 Å². The summed E-state index contributed by atoms with van der Waals surface area (Å²) in [6.45, 7) is 15.5. The average molecular weight is 737 g/mol. The van der Waals surface area contributed by atoms with Gasteiger partial charge in [-0.25, -0.2) is 0 Å². The van der Waals surface area contributed by atoms with Gasteiger partial charge in [-0.2, -0.15) is 0 Å². The molecule has 53 heavy (non-hydrogen) atoms. The first kappa shape index (κ1) is 39.7. The molecule has 0 bridgehead atoms. The molecule has 0 radical (unpaired) electrons. The summed E-state index contributed by atoms with van der Waals surface area (Å²) in [6.07, 6.45) is 27.8. The predicted octanol–water partition coefficient (Wildman–Crippen LogP) is 11.0. The SMILES string of the molecule is C[C@H](CCCCCCC[C@H](C)[C@@H]1CCC2[C@H]3[C@H](O)CC4C[C@@H](O)CC[C@@]4(C)[C@@H]3CC[C@]21C)[C@H]1CCC2[C@@H]3[C@@H](O)CC4C[C@H](O)CC[C@]4(C)[C@H]3CC[C@@]21C. The highest BCUT2D eigenvalue weighted by atomic mass is 16.3. The Bertz CT molecular complexity index is 1170. The Morgan fingerprint density at radius 3 is 1.21 bits per heavy atom. The van der Waals surface area contributed by atoms with E-state index in [1.54, 1.807) is 0 Å². The molecule has 4 unspecified atom stereocenters. The molecule has 4 N–H and O–H groups in total. The molecule has 0 aromatic carbocycles. The number of aliphatic hydroxyl groups is 4. The van der Waals surface area contributed by atoms with Gasteiger partial charge in [-0.05, 0) is 195 Å². The van der Waals surface area contributed by atoms with Crippen molar-refractivity contribution in [1.29, 1.82) is 0 Å². The lowest BCUT2D eigenvalue weighted by molar-refractivity contribution is -0.174. The summed E-state index contributed by atoms with van der Waals surface area (Å²) in [5, 5.41) is 44.2. The fourth-order valence-corrected chi connectivity index (χ4v) is 18.2. The molecule has 8 fully saturated rings. The van der Waals surface area contributed by atoms with Gasteiger partial charge in [0.25, 0.3) is 0 Å². The summed E-state index contributed by atoms with van der Waals surface area (Å²) in [4.78, 5) is 0. The highest BCUT2D eigenvalue weighted by Crippen LogP contribution is 2.70. The molecule has 20 atom stereocenters. The molecule has 8 aliphatic carbocycles. The van der Waals surface area contributed by atoms with Gasteiger partial charge in [0.15, 0.2) is 0 Å². The summed E-state index contributed by atoms with van der Waals surface area (Å²) < 4.78 is 0. The van der Waals surface area contributed by atoms with E-state index in [0.29, 0.717) is 69.0 Å². The van der Waals surface area contributed by atoms with E-state index in [9.17, 15) is 20.4 Å². The summed E-state index contributed by atoms with van der Waals surface area (Å²) in [7, 11) is 0. The van der Waals surface area contributed by atoms with Crippen molar-refractivity contribution in [1.82, 2.24) is 0 Å². The molecule has 8 saturated carbocycles. The molecule has 4 nitrogen and oxygen atoms in total. The van der Waals surface area contributed by atoms with Crippen molar-refractivity contribution < 1.29 is 20.4 Å². The number of rotatable bonds is 10. The Kier molecular flexibility index (Phi) is 11.1. The zero-order valence-electron chi connectivity index (χ0n) is 35.3. The molecule has 0 heterocycles. The van der Waals surface area contributed by atoms with Gasteiger partial charge < -0.3 is 20.4 Å². The van der Waals surface area contributed by atoms with Crippen LogP contribution in [0, 0.1) is 92.7 Å². The largest absolute Gasteiger partial charge is 0.393 e. The quantitative estimate of drug-likeness (QED) is 0.168. The van der Waals surface area contributed by atoms with E-state index < -0.39 is 0 Å². The van der Waals surface area contributed by atoms with Crippen LogP contribution in [0.2, 0.25) is 0 Å².